The summed E-state index contributed by atoms with van der Waals surface area (Å²) < 4.78 is 4.98. The Balaban J connectivity index is 2.28. The van der Waals surface area contributed by atoms with E-state index in [-0.39, 0.29) is 0 Å². The number of anilines is 1. The van der Waals surface area contributed by atoms with Crippen molar-refractivity contribution in [1.29, 1.82) is 0 Å². The molecular formula is C18H18N2O2. The zero-order valence-corrected chi connectivity index (χ0v) is 12.9. The summed E-state index contributed by atoms with van der Waals surface area (Å²) in [5, 5.41) is 5.96. The number of aromatic nitrogens is 1. The summed E-state index contributed by atoms with van der Waals surface area (Å²) in [5.41, 5.74) is 4.00. The number of hydrogen-bond acceptors (Lipinski definition) is 3. The highest BCUT2D eigenvalue weighted by Gasteiger charge is 2.13. The van der Waals surface area contributed by atoms with Crippen LogP contribution < -0.4 is 5.32 Å². The Morgan fingerprint density at radius 2 is 2.00 bits per heavy atom. The van der Waals surface area contributed by atoms with Crippen molar-refractivity contribution in [2.45, 2.75) is 20.8 Å². The molecule has 0 aliphatic carbocycles. The predicted octanol–water partition coefficient (Wildman–Crippen LogP) is 4.57. The van der Waals surface area contributed by atoms with Gasteiger partial charge in [-0.1, -0.05) is 18.2 Å². The molecule has 0 radical (unpaired) electrons. The van der Waals surface area contributed by atoms with Gasteiger partial charge in [0.1, 0.15) is 0 Å². The maximum absolute atomic E-state index is 11.8. The summed E-state index contributed by atoms with van der Waals surface area (Å²) in [5.74, 6) is 0. The maximum atomic E-state index is 11.8. The highest BCUT2D eigenvalue weighted by Crippen LogP contribution is 2.33. The summed E-state index contributed by atoms with van der Waals surface area (Å²) in [6, 6.07) is 10.00. The average molecular weight is 294 g/mol. The average Bonchev–Trinajstić information content (AvgIpc) is 2.51. The largest absolute Gasteiger partial charge is 0.450 e. The van der Waals surface area contributed by atoms with Crippen molar-refractivity contribution in [1.82, 2.24) is 4.98 Å². The zero-order valence-electron chi connectivity index (χ0n) is 12.9. The number of carbonyl (C=O) groups is 1. The van der Waals surface area contributed by atoms with Crippen LogP contribution in [0.1, 0.15) is 18.1 Å². The van der Waals surface area contributed by atoms with Crippen LogP contribution in [0, 0.1) is 13.8 Å². The molecule has 4 nitrogen and oxygen atoms in total. The van der Waals surface area contributed by atoms with E-state index in [2.05, 4.69) is 23.3 Å². The molecule has 2 aromatic carbocycles. The lowest BCUT2D eigenvalue weighted by atomic mass is 9.97. The van der Waals surface area contributed by atoms with Crippen molar-refractivity contribution in [2.75, 3.05) is 11.9 Å². The van der Waals surface area contributed by atoms with Crippen molar-refractivity contribution in [2.24, 2.45) is 0 Å². The smallest absolute Gasteiger partial charge is 0.411 e. The molecule has 3 aromatic rings. The molecule has 22 heavy (non-hydrogen) atoms. The third kappa shape index (κ3) is 2.37. The molecule has 0 saturated carbocycles. The van der Waals surface area contributed by atoms with Crippen LogP contribution in [0.3, 0.4) is 0 Å². The van der Waals surface area contributed by atoms with Gasteiger partial charge in [-0.2, -0.15) is 0 Å². The first-order chi connectivity index (χ1) is 10.6. The van der Waals surface area contributed by atoms with Crippen LogP contribution in [0.15, 0.2) is 36.5 Å². The molecule has 1 N–H and O–H groups in total. The Morgan fingerprint density at radius 1 is 1.23 bits per heavy atom. The van der Waals surface area contributed by atoms with Crippen molar-refractivity contribution >= 4 is 33.5 Å². The minimum absolute atomic E-state index is 0.343. The fraction of sp³-hybridized carbons (Fsp3) is 0.222. The minimum Gasteiger partial charge on any atom is -0.450 e. The number of pyridine rings is 1. The van der Waals surface area contributed by atoms with Crippen LogP contribution in [-0.4, -0.2) is 17.7 Å². The summed E-state index contributed by atoms with van der Waals surface area (Å²) in [4.78, 5) is 16.3. The monoisotopic (exact) mass is 294 g/mol. The molecular weight excluding hydrogens is 276 g/mol. The van der Waals surface area contributed by atoms with Crippen LogP contribution >= 0.6 is 0 Å². The first-order valence-electron chi connectivity index (χ1n) is 7.33. The van der Waals surface area contributed by atoms with Gasteiger partial charge in [-0.25, -0.2) is 4.79 Å². The maximum Gasteiger partial charge on any atom is 0.411 e. The fourth-order valence-corrected chi connectivity index (χ4v) is 2.73. The Hall–Kier alpha value is -2.62. The van der Waals surface area contributed by atoms with E-state index in [4.69, 9.17) is 4.74 Å². The third-order valence-electron chi connectivity index (χ3n) is 3.91. The van der Waals surface area contributed by atoms with Crippen molar-refractivity contribution in [3.63, 3.8) is 0 Å². The first-order valence-corrected chi connectivity index (χ1v) is 7.33. The van der Waals surface area contributed by atoms with Crippen LogP contribution in [0.2, 0.25) is 0 Å². The first kappa shape index (κ1) is 14.3. The second kappa shape index (κ2) is 5.64. The topological polar surface area (TPSA) is 51.2 Å². The quantitative estimate of drug-likeness (QED) is 0.704. The molecule has 0 unspecified atom stereocenters. The molecule has 0 spiro atoms. The number of nitrogens with zero attached hydrogens (tertiary/aromatic N) is 1. The minimum atomic E-state index is -0.444. The van der Waals surface area contributed by atoms with E-state index in [0.717, 1.165) is 32.9 Å². The number of benzene rings is 2. The highest BCUT2D eigenvalue weighted by atomic mass is 16.5. The standard InChI is InChI=1S/C18H18N2O2/c1-4-22-18(21)20-16-9-11(2)12(3)17-13-7-5-6-8-15(13)19-10-14(16)17/h5-10H,4H2,1-3H3,(H,20,21). The van der Waals surface area contributed by atoms with Gasteiger partial charge in [0.25, 0.3) is 0 Å². The molecule has 1 aromatic heterocycles. The second-order valence-electron chi connectivity index (χ2n) is 5.28. The van der Waals surface area contributed by atoms with Gasteiger partial charge in [-0.15, -0.1) is 0 Å². The number of hydrogen-bond donors (Lipinski definition) is 1. The summed E-state index contributed by atoms with van der Waals surface area (Å²) in [6.45, 7) is 6.27. The van der Waals surface area contributed by atoms with Crippen molar-refractivity contribution in [3.05, 3.63) is 47.7 Å². The number of rotatable bonds is 2. The molecule has 4 heteroatoms. The predicted molar refractivity (Wildman–Crippen MR) is 89.4 cm³/mol. The summed E-state index contributed by atoms with van der Waals surface area (Å²) in [6.07, 6.45) is 1.37. The number of para-hydroxylation sites is 1. The van der Waals surface area contributed by atoms with Crippen LogP contribution in [0.4, 0.5) is 10.5 Å². The number of amides is 1. The van der Waals surface area contributed by atoms with Gasteiger partial charge in [0.15, 0.2) is 0 Å². The van der Waals surface area contributed by atoms with Crippen LogP contribution in [0.5, 0.6) is 0 Å². The fourth-order valence-electron chi connectivity index (χ4n) is 2.73. The van der Waals surface area contributed by atoms with Gasteiger partial charge in [0.05, 0.1) is 17.8 Å². The van der Waals surface area contributed by atoms with Gasteiger partial charge in [-0.3, -0.25) is 10.3 Å². The lowest BCUT2D eigenvalue weighted by molar-refractivity contribution is 0.168. The molecule has 0 aliphatic rings. The Labute approximate surface area is 129 Å². The van der Waals surface area contributed by atoms with Gasteiger partial charge in [0, 0.05) is 17.0 Å². The molecule has 3 rings (SSSR count). The molecule has 0 bridgehead atoms. The molecule has 0 aliphatic heterocycles. The molecule has 0 atom stereocenters. The normalized spacial score (nSPS) is 10.9. The van der Waals surface area contributed by atoms with E-state index >= 15 is 0 Å². The SMILES string of the molecule is CCOC(=O)Nc1cc(C)c(C)c2c1cnc1ccccc12. The van der Waals surface area contributed by atoms with Gasteiger partial charge < -0.3 is 4.74 Å². The Morgan fingerprint density at radius 3 is 2.77 bits per heavy atom. The van der Waals surface area contributed by atoms with E-state index in [1.54, 1.807) is 6.92 Å². The number of fused-ring (bicyclic) bond motifs is 3. The molecule has 112 valence electrons. The van der Waals surface area contributed by atoms with Gasteiger partial charge in [-0.05, 0) is 49.4 Å². The van der Waals surface area contributed by atoms with E-state index < -0.39 is 6.09 Å². The van der Waals surface area contributed by atoms with E-state index in [1.807, 2.05) is 37.4 Å². The lowest BCUT2D eigenvalue weighted by Crippen LogP contribution is -2.14. The lowest BCUT2D eigenvalue weighted by Gasteiger charge is -2.14. The highest BCUT2D eigenvalue weighted by molar-refractivity contribution is 6.13. The number of aryl methyl sites for hydroxylation is 2. The molecule has 1 amide bonds. The number of ether oxygens (including phenoxy) is 1. The van der Waals surface area contributed by atoms with Gasteiger partial charge >= 0.3 is 6.09 Å². The number of nitrogens with one attached hydrogen (secondary N) is 1. The third-order valence-corrected chi connectivity index (χ3v) is 3.91. The van der Waals surface area contributed by atoms with E-state index in [1.165, 1.54) is 5.56 Å². The summed E-state index contributed by atoms with van der Waals surface area (Å²) in [7, 11) is 0. The van der Waals surface area contributed by atoms with Gasteiger partial charge in [0.2, 0.25) is 0 Å². The van der Waals surface area contributed by atoms with Crippen molar-refractivity contribution < 1.29 is 9.53 Å². The molecule has 1 heterocycles. The second-order valence-corrected chi connectivity index (χ2v) is 5.28. The van der Waals surface area contributed by atoms with E-state index in [0.29, 0.717) is 6.61 Å². The molecule has 0 saturated heterocycles. The molecule has 0 fully saturated rings. The Kier molecular flexibility index (Phi) is 3.67. The van der Waals surface area contributed by atoms with Crippen molar-refractivity contribution in [3.8, 4) is 0 Å². The zero-order chi connectivity index (χ0) is 15.7. The Bertz CT molecular complexity index is 872. The summed E-state index contributed by atoms with van der Waals surface area (Å²) >= 11 is 0. The van der Waals surface area contributed by atoms with E-state index in [9.17, 15) is 4.79 Å². The van der Waals surface area contributed by atoms with Crippen LogP contribution in [0.25, 0.3) is 21.7 Å². The van der Waals surface area contributed by atoms with Crippen LogP contribution in [-0.2, 0) is 4.74 Å². The number of carbonyl (C=O) groups excluding carboxylic acids is 1.